The zero-order valence-corrected chi connectivity index (χ0v) is 15.0. The van der Waals surface area contributed by atoms with Crippen molar-refractivity contribution in [1.29, 1.82) is 0 Å². The number of benzene rings is 1. The molecule has 0 aliphatic heterocycles. The van der Waals surface area contributed by atoms with Crippen LogP contribution >= 0.6 is 0 Å². The maximum Gasteiger partial charge on any atom is 0.0133 e. The van der Waals surface area contributed by atoms with Gasteiger partial charge in [-0.1, -0.05) is 78.1 Å². The molecule has 1 rings (SSSR count). The van der Waals surface area contributed by atoms with Gasteiger partial charge in [0.05, 0.1) is 0 Å². The van der Waals surface area contributed by atoms with E-state index in [0.717, 1.165) is 12.3 Å². The highest BCUT2D eigenvalue weighted by molar-refractivity contribution is 5.28. The number of hydrogen-bond acceptors (Lipinski definition) is 1. The summed E-state index contributed by atoms with van der Waals surface area (Å²) in [6, 6.07) is 9.83. The van der Waals surface area contributed by atoms with E-state index < -0.39 is 0 Å². The van der Waals surface area contributed by atoms with E-state index in [2.05, 4.69) is 71.2 Å². The molecule has 0 bridgehead atoms. The van der Waals surface area contributed by atoms with Crippen LogP contribution in [0.3, 0.4) is 0 Å². The van der Waals surface area contributed by atoms with Crippen LogP contribution in [0, 0.1) is 5.92 Å². The highest BCUT2D eigenvalue weighted by Gasteiger charge is 2.19. The fraction of sp³-hybridized carbons (Fsp3) is 0.700. The lowest BCUT2D eigenvalue weighted by Gasteiger charge is -2.26. The Labute approximate surface area is 132 Å². The van der Waals surface area contributed by atoms with Gasteiger partial charge in [-0.2, -0.15) is 0 Å². The summed E-state index contributed by atoms with van der Waals surface area (Å²) in [5.41, 5.74) is 3.12. The topological polar surface area (TPSA) is 12.0 Å². The smallest absolute Gasteiger partial charge is 0.0133 e. The van der Waals surface area contributed by atoms with E-state index in [1.54, 1.807) is 0 Å². The molecule has 0 saturated carbocycles. The van der Waals surface area contributed by atoms with Crippen LogP contribution in [0.4, 0.5) is 0 Å². The molecule has 0 aliphatic carbocycles. The molecule has 120 valence electrons. The van der Waals surface area contributed by atoms with Gasteiger partial charge in [-0.25, -0.2) is 0 Å². The zero-order chi connectivity index (χ0) is 15.9. The summed E-state index contributed by atoms with van der Waals surface area (Å²) in [4.78, 5) is 0. The van der Waals surface area contributed by atoms with Crippen LogP contribution in [0.5, 0.6) is 0 Å². The van der Waals surface area contributed by atoms with Crippen molar-refractivity contribution in [2.75, 3.05) is 7.05 Å². The second-order valence-electron chi connectivity index (χ2n) is 7.36. The summed E-state index contributed by atoms with van der Waals surface area (Å²) >= 11 is 0. The van der Waals surface area contributed by atoms with Gasteiger partial charge in [0, 0.05) is 6.04 Å². The van der Waals surface area contributed by atoms with E-state index in [-0.39, 0.29) is 5.41 Å². The van der Waals surface area contributed by atoms with Gasteiger partial charge in [0.2, 0.25) is 0 Å². The number of nitrogens with one attached hydrogen (secondary N) is 1. The Morgan fingerprint density at radius 3 is 2.10 bits per heavy atom. The molecule has 0 saturated heterocycles. The number of hydrogen-bond donors (Lipinski definition) is 1. The molecule has 0 heterocycles. The van der Waals surface area contributed by atoms with Gasteiger partial charge >= 0.3 is 0 Å². The van der Waals surface area contributed by atoms with Crippen LogP contribution < -0.4 is 5.32 Å². The lowest BCUT2D eigenvalue weighted by molar-refractivity contribution is 0.330. The Balaban J connectivity index is 2.72. The Hall–Kier alpha value is -0.820. The standard InChI is InChI=1S/C20H35N/c1-7-9-10-17(8-2)19(21-6)15-16-11-13-18(14-12-16)20(3,4)5/h11-14,17,19,21H,7-10,15H2,1-6H3. The quantitative estimate of drug-likeness (QED) is 0.682. The molecule has 2 atom stereocenters. The Morgan fingerprint density at radius 2 is 1.67 bits per heavy atom. The highest BCUT2D eigenvalue weighted by Crippen LogP contribution is 2.24. The van der Waals surface area contributed by atoms with E-state index in [0.29, 0.717) is 6.04 Å². The molecule has 0 aromatic heterocycles. The third kappa shape index (κ3) is 5.82. The summed E-state index contributed by atoms with van der Waals surface area (Å²) in [6.07, 6.45) is 6.40. The average molecular weight is 290 g/mol. The largest absolute Gasteiger partial charge is 0.316 e. The van der Waals surface area contributed by atoms with E-state index >= 15 is 0 Å². The first kappa shape index (κ1) is 18.2. The fourth-order valence-corrected chi connectivity index (χ4v) is 3.06. The van der Waals surface area contributed by atoms with Crippen LogP contribution in [0.2, 0.25) is 0 Å². The molecular formula is C20H35N. The summed E-state index contributed by atoms with van der Waals surface area (Å²) in [7, 11) is 2.11. The molecule has 2 unspecified atom stereocenters. The van der Waals surface area contributed by atoms with Crippen LogP contribution in [0.15, 0.2) is 24.3 Å². The first-order chi connectivity index (χ1) is 9.92. The van der Waals surface area contributed by atoms with E-state index in [4.69, 9.17) is 0 Å². The summed E-state index contributed by atoms with van der Waals surface area (Å²) in [6.45, 7) is 11.4. The predicted molar refractivity (Wildman–Crippen MR) is 95.0 cm³/mol. The van der Waals surface area contributed by atoms with Gasteiger partial charge < -0.3 is 5.32 Å². The fourth-order valence-electron chi connectivity index (χ4n) is 3.06. The Kier molecular flexibility index (Phi) is 7.45. The highest BCUT2D eigenvalue weighted by atomic mass is 14.9. The first-order valence-corrected chi connectivity index (χ1v) is 8.69. The lowest BCUT2D eigenvalue weighted by atomic mass is 9.84. The Morgan fingerprint density at radius 1 is 1.05 bits per heavy atom. The van der Waals surface area contributed by atoms with Crippen LogP contribution in [0.25, 0.3) is 0 Å². The third-order valence-corrected chi connectivity index (χ3v) is 4.67. The maximum atomic E-state index is 3.56. The van der Waals surface area contributed by atoms with Gasteiger partial charge in [0.1, 0.15) is 0 Å². The summed E-state index contributed by atoms with van der Waals surface area (Å²) < 4.78 is 0. The molecule has 1 heteroatoms. The monoisotopic (exact) mass is 289 g/mol. The Bertz CT molecular complexity index is 385. The minimum atomic E-state index is 0.244. The van der Waals surface area contributed by atoms with E-state index in [1.165, 1.54) is 36.8 Å². The van der Waals surface area contributed by atoms with Crippen molar-refractivity contribution in [2.24, 2.45) is 5.92 Å². The second-order valence-corrected chi connectivity index (χ2v) is 7.36. The minimum absolute atomic E-state index is 0.244. The minimum Gasteiger partial charge on any atom is -0.316 e. The summed E-state index contributed by atoms with van der Waals surface area (Å²) in [5, 5.41) is 3.56. The van der Waals surface area contributed by atoms with E-state index in [9.17, 15) is 0 Å². The first-order valence-electron chi connectivity index (χ1n) is 8.69. The number of likely N-dealkylation sites (N-methyl/N-ethyl adjacent to an activating group) is 1. The van der Waals surface area contributed by atoms with Crippen LogP contribution in [0.1, 0.15) is 71.4 Å². The summed E-state index contributed by atoms with van der Waals surface area (Å²) in [5.74, 6) is 0.789. The second kappa shape index (κ2) is 8.58. The van der Waals surface area contributed by atoms with Crippen molar-refractivity contribution in [3.8, 4) is 0 Å². The average Bonchev–Trinajstić information content (AvgIpc) is 2.46. The van der Waals surface area contributed by atoms with Crippen molar-refractivity contribution >= 4 is 0 Å². The van der Waals surface area contributed by atoms with Crippen LogP contribution in [-0.2, 0) is 11.8 Å². The molecule has 1 N–H and O–H groups in total. The predicted octanol–water partition coefficient (Wildman–Crippen LogP) is 5.33. The lowest BCUT2D eigenvalue weighted by Crippen LogP contribution is -2.35. The molecule has 1 aromatic carbocycles. The molecule has 1 aromatic rings. The molecule has 0 radical (unpaired) electrons. The molecular weight excluding hydrogens is 254 g/mol. The molecule has 0 fully saturated rings. The number of rotatable bonds is 8. The number of unbranched alkanes of at least 4 members (excludes halogenated alkanes) is 1. The van der Waals surface area contributed by atoms with Crippen molar-refractivity contribution in [2.45, 2.75) is 78.2 Å². The van der Waals surface area contributed by atoms with Crippen molar-refractivity contribution in [1.82, 2.24) is 5.32 Å². The van der Waals surface area contributed by atoms with Crippen molar-refractivity contribution in [3.63, 3.8) is 0 Å². The normalized spacial score (nSPS) is 15.0. The van der Waals surface area contributed by atoms with Crippen molar-refractivity contribution in [3.05, 3.63) is 35.4 Å². The van der Waals surface area contributed by atoms with Gasteiger partial charge in [0.25, 0.3) is 0 Å². The third-order valence-electron chi connectivity index (χ3n) is 4.67. The van der Waals surface area contributed by atoms with Gasteiger partial charge in [-0.05, 0) is 42.3 Å². The van der Waals surface area contributed by atoms with Gasteiger partial charge in [0.15, 0.2) is 0 Å². The van der Waals surface area contributed by atoms with Crippen LogP contribution in [-0.4, -0.2) is 13.1 Å². The molecule has 0 amide bonds. The zero-order valence-electron chi connectivity index (χ0n) is 15.0. The van der Waals surface area contributed by atoms with Gasteiger partial charge in [-0.3, -0.25) is 0 Å². The molecule has 0 aliphatic rings. The van der Waals surface area contributed by atoms with Crippen molar-refractivity contribution < 1.29 is 0 Å². The van der Waals surface area contributed by atoms with E-state index in [1.807, 2.05) is 0 Å². The molecule has 21 heavy (non-hydrogen) atoms. The van der Waals surface area contributed by atoms with Gasteiger partial charge in [-0.15, -0.1) is 0 Å². The molecule has 1 nitrogen and oxygen atoms in total. The SMILES string of the molecule is CCCCC(CC)C(Cc1ccc(C(C)(C)C)cc1)NC. The molecule has 0 spiro atoms. The maximum absolute atomic E-state index is 3.56.